The number of hydrogen-bond acceptors (Lipinski definition) is 4. The number of unbranched alkanes of at least 4 members (excludes halogenated alkanes) is 1. The summed E-state index contributed by atoms with van der Waals surface area (Å²) in [4.78, 5) is 24.9. The second-order valence-corrected chi connectivity index (χ2v) is 4.96. The zero-order valence-corrected chi connectivity index (χ0v) is 13.1. The summed E-state index contributed by atoms with van der Waals surface area (Å²) in [5.74, 6) is -0.564. The summed E-state index contributed by atoms with van der Waals surface area (Å²) in [5.41, 5.74) is -1.21. The van der Waals surface area contributed by atoms with E-state index < -0.39 is 17.4 Å². The molecule has 1 aromatic rings. The van der Waals surface area contributed by atoms with E-state index in [2.05, 4.69) is 0 Å². The molecule has 1 atom stereocenters. The fraction of sp³-hybridized carbons (Fsp3) is 0.529. The molecule has 0 aromatic heterocycles. The zero-order valence-electron chi connectivity index (χ0n) is 13.1. The highest BCUT2D eigenvalue weighted by Gasteiger charge is 2.47. The van der Waals surface area contributed by atoms with E-state index in [4.69, 9.17) is 9.47 Å². The van der Waals surface area contributed by atoms with E-state index in [-0.39, 0.29) is 6.61 Å². The third-order valence-electron chi connectivity index (χ3n) is 3.57. The van der Waals surface area contributed by atoms with Crippen molar-refractivity contribution in [3.8, 4) is 5.75 Å². The molecule has 0 radical (unpaired) electrons. The molecule has 0 aliphatic carbocycles. The topological polar surface area (TPSA) is 52.6 Å². The first-order valence-corrected chi connectivity index (χ1v) is 7.55. The molecule has 0 saturated carbocycles. The van der Waals surface area contributed by atoms with Crippen LogP contribution in [0.5, 0.6) is 5.75 Å². The van der Waals surface area contributed by atoms with Crippen LogP contribution in [0.3, 0.4) is 0 Å². The Morgan fingerprint density at radius 1 is 1.05 bits per heavy atom. The number of benzene rings is 1. The van der Waals surface area contributed by atoms with Crippen molar-refractivity contribution in [1.82, 2.24) is 0 Å². The highest BCUT2D eigenvalue weighted by molar-refractivity contribution is 6.00. The molecule has 21 heavy (non-hydrogen) atoms. The highest BCUT2D eigenvalue weighted by atomic mass is 16.6. The molecule has 0 bridgehead atoms. The molecule has 0 fully saturated rings. The normalized spacial score (nSPS) is 13.3. The van der Waals surface area contributed by atoms with Crippen molar-refractivity contribution in [2.75, 3.05) is 6.61 Å². The predicted octanol–water partition coefficient (Wildman–Crippen LogP) is 3.74. The number of carbonyl (C=O) groups excluding carboxylic acids is 2. The molecule has 0 spiro atoms. The fourth-order valence-electron chi connectivity index (χ4n) is 2.19. The van der Waals surface area contributed by atoms with Crippen LogP contribution in [-0.2, 0) is 14.3 Å². The Kier molecular flexibility index (Phi) is 6.92. The summed E-state index contributed by atoms with van der Waals surface area (Å²) in [6, 6.07) is 8.80. The van der Waals surface area contributed by atoms with Gasteiger partial charge in [0.1, 0.15) is 5.75 Å². The lowest BCUT2D eigenvalue weighted by molar-refractivity contribution is -0.168. The molecule has 0 aliphatic rings. The third-order valence-corrected chi connectivity index (χ3v) is 3.57. The van der Waals surface area contributed by atoms with E-state index in [0.29, 0.717) is 18.6 Å². The fourth-order valence-corrected chi connectivity index (χ4v) is 2.19. The van der Waals surface area contributed by atoms with Gasteiger partial charge in [-0.25, -0.2) is 0 Å². The van der Waals surface area contributed by atoms with Crippen molar-refractivity contribution in [3.05, 3.63) is 30.3 Å². The minimum absolute atomic E-state index is 0.255. The smallest absolute Gasteiger partial charge is 0.328 e. The van der Waals surface area contributed by atoms with Crippen LogP contribution in [0.25, 0.3) is 0 Å². The molecular formula is C17H24O4. The average molecular weight is 292 g/mol. The van der Waals surface area contributed by atoms with Crippen LogP contribution in [0.15, 0.2) is 30.3 Å². The van der Waals surface area contributed by atoms with Crippen LogP contribution in [0.1, 0.15) is 46.5 Å². The summed E-state index contributed by atoms with van der Waals surface area (Å²) in [7, 11) is 0. The van der Waals surface area contributed by atoms with Gasteiger partial charge < -0.3 is 9.47 Å². The quantitative estimate of drug-likeness (QED) is 0.416. The number of esters is 2. The van der Waals surface area contributed by atoms with Gasteiger partial charge in [0, 0.05) is 0 Å². The molecule has 1 unspecified atom stereocenters. The van der Waals surface area contributed by atoms with Gasteiger partial charge in [-0.15, -0.1) is 0 Å². The monoisotopic (exact) mass is 292 g/mol. The molecule has 0 amide bonds. The molecule has 1 rings (SSSR count). The molecular weight excluding hydrogens is 268 g/mol. The van der Waals surface area contributed by atoms with Gasteiger partial charge in [-0.3, -0.25) is 9.59 Å². The first-order chi connectivity index (χ1) is 10.1. The van der Waals surface area contributed by atoms with Crippen LogP contribution in [0.4, 0.5) is 0 Å². The molecule has 4 heteroatoms. The summed E-state index contributed by atoms with van der Waals surface area (Å²) < 4.78 is 10.5. The largest absolute Gasteiger partial charge is 0.465 e. The first kappa shape index (κ1) is 17.2. The van der Waals surface area contributed by atoms with Crippen LogP contribution >= 0.6 is 0 Å². The molecule has 116 valence electrons. The van der Waals surface area contributed by atoms with Gasteiger partial charge in [-0.1, -0.05) is 44.9 Å². The van der Waals surface area contributed by atoms with E-state index in [1.807, 2.05) is 19.9 Å². The molecule has 0 heterocycles. The summed E-state index contributed by atoms with van der Waals surface area (Å²) in [5, 5.41) is 0. The SMILES string of the molecule is CCCCC(CC)(C(=O)OCC)C(=O)Oc1ccccc1. The van der Waals surface area contributed by atoms with E-state index in [9.17, 15) is 9.59 Å². The summed E-state index contributed by atoms with van der Waals surface area (Å²) in [6.07, 6.45) is 2.50. The molecule has 4 nitrogen and oxygen atoms in total. The predicted molar refractivity (Wildman–Crippen MR) is 81.0 cm³/mol. The minimum Gasteiger partial charge on any atom is -0.465 e. The second-order valence-electron chi connectivity index (χ2n) is 4.96. The van der Waals surface area contributed by atoms with Crippen molar-refractivity contribution in [1.29, 1.82) is 0 Å². The molecule has 0 aliphatic heterocycles. The van der Waals surface area contributed by atoms with E-state index in [0.717, 1.165) is 12.8 Å². The Morgan fingerprint density at radius 3 is 2.24 bits per heavy atom. The third kappa shape index (κ3) is 4.31. The maximum Gasteiger partial charge on any atom is 0.328 e. The number of hydrogen-bond donors (Lipinski definition) is 0. The second kappa shape index (κ2) is 8.45. The minimum atomic E-state index is -1.21. The molecule has 0 N–H and O–H groups in total. The summed E-state index contributed by atoms with van der Waals surface area (Å²) in [6.45, 7) is 5.83. The standard InChI is InChI=1S/C17H24O4/c1-4-7-13-17(5-2,15(18)20-6-3)16(19)21-14-11-9-8-10-12-14/h8-12H,4-7,13H2,1-3H3. The lowest BCUT2D eigenvalue weighted by Crippen LogP contribution is -2.43. The maximum atomic E-state index is 12.6. The maximum absolute atomic E-state index is 12.6. The lowest BCUT2D eigenvalue weighted by Gasteiger charge is -2.27. The lowest BCUT2D eigenvalue weighted by atomic mass is 9.80. The van der Waals surface area contributed by atoms with Gasteiger partial charge in [0.25, 0.3) is 0 Å². The van der Waals surface area contributed by atoms with Crippen LogP contribution in [-0.4, -0.2) is 18.5 Å². The van der Waals surface area contributed by atoms with Gasteiger partial charge in [0.15, 0.2) is 5.41 Å². The van der Waals surface area contributed by atoms with E-state index in [1.165, 1.54) is 0 Å². The van der Waals surface area contributed by atoms with Crippen LogP contribution < -0.4 is 4.74 Å². The zero-order chi connectivity index (χ0) is 15.7. The molecule has 1 aromatic carbocycles. The first-order valence-electron chi connectivity index (χ1n) is 7.55. The Labute approximate surface area is 126 Å². The van der Waals surface area contributed by atoms with Crippen molar-refractivity contribution in [2.24, 2.45) is 5.41 Å². The number of ether oxygens (including phenoxy) is 2. The number of rotatable bonds is 8. The van der Waals surface area contributed by atoms with Crippen molar-refractivity contribution < 1.29 is 19.1 Å². The van der Waals surface area contributed by atoms with Gasteiger partial charge in [0.2, 0.25) is 0 Å². The Morgan fingerprint density at radius 2 is 1.71 bits per heavy atom. The van der Waals surface area contributed by atoms with Crippen LogP contribution in [0.2, 0.25) is 0 Å². The Hall–Kier alpha value is -1.84. The van der Waals surface area contributed by atoms with Crippen molar-refractivity contribution in [3.63, 3.8) is 0 Å². The van der Waals surface area contributed by atoms with E-state index in [1.54, 1.807) is 31.2 Å². The summed E-state index contributed by atoms with van der Waals surface area (Å²) >= 11 is 0. The average Bonchev–Trinajstić information content (AvgIpc) is 2.50. The number of para-hydroxylation sites is 1. The van der Waals surface area contributed by atoms with Gasteiger partial charge in [0.05, 0.1) is 6.61 Å². The van der Waals surface area contributed by atoms with Gasteiger partial charge in [-0.05, 0) is 31.9 Å². The van der Waals surface area contributed by atoms with Gasteiger partial charge >= 0.3 is 11.9 Å². The number of carbonyl (C=O) groups is 2. The van der Waals surface area contributed by atoms with Crippen LogP contribution in [0, 0.1) is 5.41 Å². The molecule has 0 saturated heterocycles. The highest BCUT2D eigenvalue weighted by Crippen LogP contribution is 2.33. The van der Waals surface area contributed by atoms with Crippen molar-refractivity contribution >= 4 is 11.9 Å². The van der Waals surface area contributed by atoms with Crippen molar-refractivity contribution in [2.45, 2.75) is 46.5 Å². The van der Waals surface area contributed by atoms with E-state index >= 15 is 0 Å². The Balaban J connectivity index is 2.97. The Bertz CT molecular complexity index is 455. The van der Waals surface area contributed by atoms with Gasteiger partial charge in [-0.2, -0.15) is 0 Å².